The van der Waals surface area contributed by atoms with Crippen molar-refractivity contribution >= 4 is 28.6 Å². The molecular formula is C17H23FN2O6S. The van der Waals surface area contributed by atoms with Crippen LogP contribution >= 0.6 is 0 Å². The van der Waals surface area contributed by atoms with Crippen LogP contribution in [0.4, 0.5) is 14.4 Å². The quantitative estimate of drug-likeness (QED) is 0.564. The molecule has 2 rings (SSSR count). The SMILES string of the molecule is Cc1c(C=O)cc(OS(=O)(=O)F)cc1N1CCN(C(=O)OC(C)(C)C)CC1. The topological polar surface area (TPSA) is 93.2 Å². The van der Waals surface area contributed by atoms with Gasteiger partial charge in [0.25, 0.3) is 0 Å². The van der Waals surface area contributed by atoms with Gasteiger partial charge in [-0.3, -0.25) is 4.79 Å². The van der Waals surface area contributed by atoms with Crippen LogP contribution in [0.2, 0.25) is 0 Å². The second-order valence-electron chi connectivity index (χ2n) is 7.21. The zero-order chi connectivity index (χ0) is 20.4. The summed E-state index contributed by atoms with van der Waals surface area (Å²) >= 11 is 0. The molecule has 1 heterocycles. The third-order valence-corrected chi connectivity index (χ3v) is 4.38. The van der Waals surface area contributed by atoms with Gasteiger partial charge in [0.05, 0.1) is 0 Å². The molecular weight excluding hydrogens is 379 g/mol. The zero-order valence-corrected chi connectivity index (χ0v) is 16.5. The molecule has 0 unspecified atom stereocenters. The molecule has 0 aliphatic carbocycles. The average Bonchev–Trinajstić information content (AvgIpc) is 2.53. The number of hydrogen-bond donors (Lipinski definition) is 0. The molecule has 1 aliphatic heterocycles. The highest BCUT2D eigenvalue weighted by Crippen LogP contribution is 2.30. The van der Waals surface area contributed by atoms with Gasteiger partial charge in [0.15, 0.2) is 6.29 Å². The summed E-state index contributed by atoms with van der Waals surface area (Å²) in [5.41, 5.74) is 0.759. The molecule has 27 heavy (non-hydrogen) atoms. The van der Waals surface area contributed by atoms with E-state index >= 15 is 0 Å². The minimum atomic E-state index is -5.20. The maximum atomic E-state index is 12.9. The highest BCUT2D eigenvalue weighted by atomic mass is 32.3. The minimum absolute atomic E-state index is 0.195. The first kappa shape index (κ1) is 20.9. The van der Waals surface area contributed by atoms with Crippen molar-refractivity contribution in [3.8, 4) is 5.75 Å². The standard InChI is InChI=1S/C17H23FN2O6S/c1-12-13(11-21)9-14(26-27(18,23)24)10-15(12)19-5-7-20(8-6-19)16(22)25-17(2,3)4/h9-11H,5-8H2,1-4H3. The Morgan fingerprint density at radius 2 is 1.78 bits per heavy atom. The van der Waals surface area contributed by atoms with Gasteiger partial charge in [-0.05, 0) is 39.3 Å². The molecule has 1 fully saturated rings. The third-order valence-electron chi connectivity index (χ3n) is 3.99. The van der Waals surface area contributed by atoms with E-state index in [-0.39, 0.29) is 11.3 Å². The number of amides is 1. The highest BCUT2D eigenvalue weighted by molar-refractivity contribution is 7.81. The van der Waals surface area contributed by atoms with E-state index in [9.17, 15) is 21.9 Å². The van der Waals surface area contributed by atoms with Crippen LogP contribution in [0.1, 0.15) is 36.7 Å². The van der Waals surface area contributed by atoms with E-state index in [0.717, 1.165) is 0 Å². The van der Waals surface area contributed by atoms with Gasteiger partial charge >= 0.3 is 16.6 Å². The molecule has 8 nitrogen and oxygen atoms in total. The van der Waals surface area contributed by atoms with Crippen LogP contribution in [-0.4, -0.2) is 57.5 Å². The van der Waals surface area contributed by atoms with E-state index in [1.54, 1.807) is 32.6 Å². The van der Waals surface area contributed by atoms with Crippen LogP contribution in [0.15, 0.2) is 12.1 Å². The Morgan fingerprint density at radius 1 is 1.19 bits per heavy atom. The summed E-state index contributed by atoms with van der Waals surface area (Å²) in [4.78, 5) is 26.9. The number of aldehydes is 1. The fourth-order valence-corrected chi connectivity index (χ4v) is 3.09. The predicted molar refractivity (Wildman–Crippen MR) is 97.2 cm³/mol. The van der Waals surface area contributed by atoms with Crippen molar-refractivity contribution in [2.45, 2.75) is 33.3 Å². The minimum Gasteiger partial charge on any atom is -0.444 e. The van der Waals surface area contributed by atoms with Crippen molar-refractivity contribution in [3.05, 3.63) is 23.3 Å². The summed E-state index contributed by atoms with van der Waals surface area (Å²) < 4.78 is 44.0. The number of ether oxygens (including phenoxy) is 1. The number of rotatable bonds is 4. The first-order valence-electron chi connectivity index (χ1n) is 8.36. The van der Waals surface area contributed by atoms with E-state index in [0.29, 0.717) is 43.7 Å². The van der Waals surface area contributed by atoms with Gasteiger partial charge in [-0.25, -0.2) is 4.79 Å². The summed E-state index contributed by atoms with van der Waals surface area (Å²) in [5, 5.41) is 0. The third kappa shape index (κ3) is 5.81. The van der Waals surface area contributed by atoms with Crippen molar-refractivity contribution < 1.29 is 30.8 Å². The lowest BCUT2D eigenvalue weighted by Gasteiger charge is -2.37. The Balaban J connectivity index is 2.18. The van der Waals surface area contributed by atoms with Crippen LogP contribution in [-0.2, 0) is 15.2 Å². The molecule has 0 radical (unpaired) electrons. The second-order valence-corrected chi connectivity index (χ2v) is 8.16. The van der Waals surface area contributed by atoms with Gasteiger partial charge < -0.3 is 18.7 Å². The molecule has 0 N–H and O–H groups in total. The summed E-state index contributed by atoms with van der Waals surface area (Å²) in [6, 6.07) is 2.53. The van der Waals surface area contributed by atoms with Gasteiger partial charge in [0, 0.05) is 43.5 Å². The summed E-state index contributed by atoms with van der Waals surface area (Å²) in [7, 11) is -5.20. The second kappa shape index (κ2) is 7.71. The molecule has 0 atom stereocenters. The first-order chi connectivity index (χ1) is 12.4. The molecule has 1 aliphatic rings. The summed E-state index contributed by atoms with van der Waals surface area (Å²) in [5.74, 6) is -0.283. The largest absolute Gasteiger partial charge is 0.488 e. The Hall–Kier alpha value is -2.36. The smallest absolute Gasteiger partial charge is 0.444 e. The van der Waals surface area contributed by atoms with Crippen molar-refractivity contribution in [1.82, 2.24) is 4.90 Å². The number of carbonyl (C=O) groups is 2. The van der Waals surface area contributed by atoms with Crippen molar-refractivity contribution in [3.63, 3.8) is 0 Å². The van der Waals surface area contributed by atoms with Gasteiger partial charge in [-0.1, -0.05) is 3.89 Å². The molecule has 10 heteroatoms. The number of benzene rings is 1. The van der Waals surface area contributed by atoms with Crippen molar-refractivity contribution in [1.29, 1.82) is 0 Å². The van der Waals surface area contributed by atoms with Gasteiger partial charge in [-0.2, -0.15) is 8.42 Å². The van der Waals surface area contributed by atoms with Crippen LogP contribution in [0.3, 0.4) is 0 Å². The van der Waals surface area contributed by atoms with E-state index in [1.165, 1.54) is 12.1 Å². The monoisotopic (exact) mass is 402 g/mol. The molecule has 0 spiro atoms. The van der Waals surface area contributed by atoms with E-state index in [4.69, 9.17) is 4.74 Å². The Labute approximate surface area is 158 Å². The van der Waals surface area contributed by atoms with Crippen LogP contribution in [0.25, 0.3) is 0 Å². The molecule has 150 valence electrons. The number of nitrogens with zero attached hydrogens (tertiary/aromatic N) is 2. The molecule has 1 saturated heterocycles. The number of hydrogen-bond acceptors (Lipinski definition) is 7. The maximum absolute atomic E-state index is 12.9. The lowest BCUT2D eigenvalue weighted by atomic mass is 10.1. The number of carbonyl (C=O) groups excluding carboxylic acids is 2. The van der Waals surface area contributed by atoms with Gasteiger partial charge in [0.1, 0.15) is 11.4 Å². The first-order valence-corrected chi connectivity index (χ1v) is 9.67. The Morgan fingerprint density at radius 3 is 2.26 bits per heavy atom. The predicted octanol–water partition coefficient (Wildman–Crippen LogP) is 2.46. The maximum Gasteiger partial charge on any atom is 0.488 e. The molecule has 0 bridgehead atoms. The highest BCUT2D eigenvalue weighted by Gasteiger charge is 2.27. The normalized spacial score (nSPS) is 15.4. The van der Waals surface area contributed by atoms with Gasteiger partial charge in [-0.15, -0.1) is 0 Å². The fraction of sp³-hybridized carbons (Fsp3) is 0.529. The Kier molecular flexibility index (Phi) is 5.98. The van der Waals surface area contributed by atoms with E-state index < -0.39 is 22.2 Å². The fourth-order valence-electron chi connectivity index (χ4n) is 2.76. The van der Waals surface area contributed by atoms with Crippen LogP contribution < -0.4 is 9.08 Å². The molecule has 0 aromatic heterocycles. The van der Waals surface area contributed by atoms with E-state index in [2.05, 4.69) is 4.18 Å². The molecule has 0 saturated carbocycles. The number of anilines is 1. The molecule has 1 aromatic rings. The number of halogens is 1. The van der Waals surface area contributed by atoms with Crippen molar-refractivity contribution in [2.75, 3.05) is 31.1 Å². The van der Waals surface area contributed by atoms with Crippen molar-refractivity contribution in [2.24, 2.45) is 0 Å². The zero-order valence-electron chi connectivity index (χ0n) is 15.7. The lowest BCUT2D eigenvalue weighted by molar-refractivity contribution is 0.0240. The average molecular weight is 402 g/mol. The Bertz CT molecular complexity index is 827. The van der Waals surface area contributed by atoms with E-state index in [1.807, 2.05) is 4.90 Å². The number of piperazine rings is 1. The summed E-state index contributed by atoms with van der Waals surface area (Å²) in [6.45, 7) is 8.71. The molecule has 1 aromatic carbocycles. The lowest BCUT2D eigenvalue weighted by Crippen LogP contribution is -2.50. The van der Waals surface area contributed by atoms with Gasteiger partial charge in [0.2, 0.25) is 0 Å². The van der Waals surface area contributed by atoms with Crippen LogP contribution in [0.5, 0.6) is 5.75 Å². The van der Waals surface area contributed by atoms with Crippen LogP contribution in [0, 0.1) is 6.92 Å². The summed E-state index contributed by atoms with van der Waals surface area (Å²) in [6.07, 6.45) is 0.140. The molecule has 1 amide bonds.